The molecule has 0 atom stereocenters. The number of benzene rings is 14. The fourth-order valence-corrected chi connectivity index (χ4v) is 14.9. The van der Waals surface area contributed by atoms with Crippen molar-refractivity contribution < 1.29 is 0 Å². The standard InChI is InChI=1S/2C44H29N5/c1-4-14-30(15-5-1)42-43(49(46-45-42)34-18-8-3-9-19-34)31-24-26-33(27-25-31)48-38-22-12-10-20-35(38)36-28-29-40-41(44(36)48)37-21-11-13-23-39(37)47(40)32-16-6-2-7-17-32;1-4-14-30(15-5-1)41-42(49(46-45-41)34-18-8-3-9-19-34)31-24-26-33(27-25-31)48-40-23-13-11-21-36(40)38-29-28-37-35-20-10-12-22-39(35)47(43(37)44(38)48)32-16-6-2-7-17-32/h2*1-29H. The highest BCUT2D eigenvalue weighted by Gasteiger charge is 2.26. The van der Waals surface area contributed by atoms with E-state index in [0.717, 1.165) is 79.2 Å². The van der Waals surface area contributed by atoms with Gasteiger partial charge >= 0.3 is 0 Å². The van der Waals surface area contributed by atoms with E-state index in [4.69, 9.17) is 5.10 Å². The summed E-state index contributed by atoms with van der Waals surface area (Å²) in [6.45, 7) is 0. The lowest BCUT2D eigenvalue weighted by Gasteiger charge is -2.14. The van der Waals surface area contributed by atoms with Crippen LogP contribution < -0.4 is 0 Å². The number of fused-ring (bicyclic) bond motifs is 14. The van der Waals surface area contributed by atoms with Gasteiger partial charge in [-0.2, -0.15) is 0 Å². The molecule has 0 spiro atoms. The minimum absolute atomic E-state index is 0.850. The van der Waals surface area contributed by atoms with Crippen molar-refractivity contribution in [3.8, 4) is 79.2 Å². The van der Waals surface area contributed by atoms with Crippen molar-refractivity contribution in [1.82, 2.24) is 48.3 Å². The molecule has 0 N–H and O–H groups in total. The predicted octanol–water partition coefficient (Wildman–Crippen LogP) is 21.6. The third-order valence-corrected chi connectivity index (χ3v) is 19.2. The van der Waals surface area contributed by atoms with Crippen molar-refractivity contribution in [2.75, 3.05) is 0 Å². The molecule has 0 aliphatic carbocycles. The highest BCUT2D eigenvalue weighted by atomic mass is 15.4. The van der Waals surface area contributed by atoms with E-state index in [9.17, 15) is 0 Å². The Labute approximate surface area is 563 Å². The number of para-hydroxylation sites is 8. The van der Waals surface area contributed by atoms with E-state index in [1.165, 1.54) is 87.2 Å². The first kappa shape index (κ1) is 56.1. The molecule has 0 radical (unpaired) electrons. The van der Waals surface area contributed by atoms with Gasteiger partial charge in [0.1, 0.15) is 22.8 Å². The van der Waals surface area contributed by atoms with Crippen molar-refractivity contribution in [3.63, 3.8) is 0 Å². The summed E-state index contributed by atoms with van der Waals surface area (Å²) < 4.78 is 13.6. The van der Waals surface area contributed by atoms with Gasteiger partial charge in [-0.05, 0) is 103 Å². The van der Waals surface area contributed by atoms with Gasteiger partial charge in [-0.3, -0.25) is 0 Å². The average molecular weight is 1260 g/mol. The third kappa shape index (κ3) is 9.03. The van der Waals surface area contributed by atoms with E-state index in [1.807, 2.05) is 82.2 Å². The highest BCUT2D eigenvalue weighted by Crippen LogP contribution is 2.45. The fourth-order valence-electron chi connectivity index (χ4n) is 14.9. The number of hydrogen-bond acceptors (Lipinski definition) is 4. The van der Waals surface area contributed by atoms with Gasteiger partial charge in [0.05, 0.1) is 55.5 Å². The lowest BCUT2D eigenvalue weighted by Crippen LogP contribution is -2.00. The summed E-state index contributed by atoms with van der Waals surface area (Å²) in [5.74, 6) is 0. The van der Waals surface area contributed by atoms with Gasteiger partial charge in [0.15, 0.2) is 0 Å². The summed E-state index contributed by atoms with van der Waals surface area (Å²) in [6.07, 6.45) is 0. The van der Waals surface area contributed by atoms with Gasteiger partial charge in [-0.25, -0.2) is 9.36 Å². The van der Waals surface area contributed by atoms with E-state index >= 15 is 0 Å². The second-order valence-electron chi connectivity index (χ2n) is 24.7. The van der Waals surface area contributed by atoms with E-state index in [1.54, 1.807) is 0 Å². The molecule has 20 aromatic rings. The van der Waals surface area contributed by atoms with E-state index in [-0.39, 0.29) is 0 Å². The van der Waals surface area contributed by atoms with E-state index in [2.05, 4.69) is 313 Å². The van der Waals surface area contributed by atoms with Crippen molar-refractivity contribution >= 4 is 87.2 Å². The Balaban J connectivity index is 0.000000137. The molecule has 98 heavy (non-hydrogen) atoms. The monoisotopic (exact) mass is 1250 g/mol. The molecule has 10 nitrogen and oxygen atoms in total. The lowest BCUT2D eigenvalue weighted by molar-refractivity contribution is 0.808. The quantitative estimate of drug-likeness (QED) is 0.137. The molecule has 0 saturated carbocycles. The van der Waals surface area contributed by atoms with Crippen LogP contribution in [0.1, 0.15) is 0 Å². The van der Waals surface area contributed by atoms with Crippen molar-refractivity contribution in [3.05, 3.63) is 352 Å². The SMILES string of the molecule is c1ccc(-c2nnn(-c3ccccc3)c2-c2ccc(-n3c4ccccc4c4ccc5c(c6ccccc6n5-c5ccccc5)c43)cc2)cc1.c1ccc(-c2nnn(-c3ccccc3)c2-c2ccc(-n3c4ccccc4c4ccc5c6ccccc6n(-c6ccccc6)c5c43)cc2)cc1. The Kier molecular flexibility index (Phi) is 13.3. The smallest absolute Gasteiger partial charge is 0.121 e. The summed E-state index contributed by atoms with van der Waals surface area (Å²) >= 11 is 0. The zero-order chi connectivity index (χ0) is 64.6. The van der Waals surface area contributed by atoms with E-state index in [0.29, 0.717) is 0 Å². The molecule has 460 valence electrons. The molecule has 0 aliphatic heterocycles. The molecule has 0 fully saturated rings. The summed E-state index contributed by atoms with van der Waals surface area (Å²) in [7, 11) is 0. The number of hydrogen-bond donors (Lipinski definition) is 0. The zero-order valence-electron chi connectivity index (χ0n) is 53.0. The maximum absolute atomic E-state index is 4.69. The van der Waals surface area contributed by atoms with Crippen LogP contribution in [0.15, 0.2) is 352 Å². The molecular weight excluding hydrogens is 1200 g/mol. The summed E-state index contributed by atoms with van der Waals surface area (Å²) in [4.78, 5) is 0. The van der Waals surface area contributed by atoms with Crippen LogP contribution in [0, 0.1) is 0 Å². The number of nitrogens with zero attached hydrogens (tertiary/aromatic N) is 10. The largest absolute Gasteiger partial charge is 0.309 e. The number of aromatic nitrogens is 10. The van der Waals surface area contributed by atoms with Crippen LogP contribution in [0.25, 0.3) is 166 Å². The zero-order valence-corrected chi connectivity index (χ0v) is 53.0. The first-order valence-corrected chi connectivity index (χ1v) is 33.1. The first-order chi connectivity index (χ1) is 48.7. The Morgan fingerprint density at radius 2 is 0.480 bits per heavy atom. The van der Waals surface area contributed by atoms with Crippen LogP contribution in [-0.4, -0.2) is 48.3 Å². The van der Waals surface area contributed by atoms with Gasteiger partial charge < -0.3 is 18.3 Å². The van der Waals surface area contributed by atoms with Crippen molar-refractivity contribution in [1.29, 1.82) is 0 Å². The minimum Gasteiger partial charge on any atom is -0.309 e. The number of rotatable bonds is 10. The third-order valence-electron chi connectivity index (χ3n) is 19.2. The molecule has 0 unspecified atom stereocenters. The molecule has 10 heteroatoms. The van der Waals surface area contributed by atoms with Gasteiger partial charge in [0.2, 0.25) is 0 Å². The van der Waals surface area contributed by atoms with Gasteiger partial charge in [0, 0.05) is 88.1 Å². The molecule has 0 amide bonds. The van der Waals surface area contributed by atoms with Gasteiger partial charge in [-0.15, -0.1) is 10.2 Å². The highest BCUT2D eigenvalue weighted by molar-refractivity contribution is 6.27. The normalized spacial score (nSPS) is 11.7. The summed E-state index contributed by atoms with van der Waals surface area (Å²) in [6, 6.07) is 124. The Morgan fingerprint density at radius 1 is 0.184 bits per heavy atom. The Hall–Kier alpha value is -13.4. The van der Waals surface area contributed by atoms with Crippen molar-refractivity contribution in [2.24, 2.45) is 0 Å². The maximum Gasteiger partial charge on any atom is 0.121 e. The van der Waals surface area contributed by atoms with Crippen LogP contribution in [0.2, 0.25) is 0 Å². The van der Waals surface area contributed by atoms with Crippen LogP contribution in [0.3, 0.4) is 0 Å². The van der Waals surface area contributed by atoms with Gasteiger partial charge in [0.25, 0.3) is 0 Å². The van der Waals surface area contributed by atoms with E-state index < -0.39 is 0 Å². The molecule has 14 aromatic carbocycles. The van der Waals surface area contributed by atoms with Crippen LogP contribution in [-0.2, 0) is 0 Å². The summed E-state index contributed by atoms with van der Waals surface area (Å²) in [5, 5.41) is 28.5. The molecule has 0 bridgehead atoms. The second kappa shape index (κ2) is 23.2. The topological polar surface area (TPSA) is 81.1 Å². The molecule has 0 aliphatic rings. The van der Waals surface area contributed by atoms with Crippen LogP contribution in [0.4, 0.5) is 0 Å². The van der Waals surface area contributed by atoms with Gasteiger partial charge in [-0.1, -0.05) is 259 Å². The molecular formula is C88H58N10. The minimum atomic E-state index is 0.850. The van der Waals surface area contributed by atoms with Crippen LogP contribution >= 0.6 is 0 Å². The predicted molar refractivity (Wildman–Crippen MR) is 402 cm³/mol. The fraction of sp³-hybridized carbons (Fsp3) is 0. The first-order valence-electron chi connectivity index (χ1n) is 33.1. The average Bonchev–Trinajstić information content (AvgIpc) is 1.55. The Bertz CT molecular complexity index is 6240. The lowest BCUT2D eigenvalue weighted by atomic mass is 10.0. The Morgan fingerprint density at radius 3 is 0.888 bits per heavy atom. The second-order valence-corrected chi connectivity index (χ2v) is 24.7. The molecule has 6 aromatic heterocycles. The summed E-state index contributed by atoms with van der Waals surface area (Å²) in [5.41, 5.74) is 23.7. The van der Waals surface area contributed by atoms with Crippen LogP contribution in [0.5, 0.6) is 0 Å². The molecule has 6 heterocycles. The molecule has 20 rings (SSSR count). The van der Waals surface area contributed by atoms with Crippen molar-refractivity contribution in [2.45, 2.75) is 0 Å². The maximum atomic E-state index is 4.69. The molecule has 0 saturated heterocycles.